The smallest absolute Gasteiger partial charge is 0.255 e. The van der Waals surface area contributed by atoms with Crippen molar-refractivity contribution in [2.24, 2.45) is 0 Å². The van der Waals surface area contributed by atoms with Gasteiger partial charge in [-0.1, -0.05) is 24.3 Å². The summed E-state index contributed by atoms with van der Waals surface area (Å²) in [5, 5.41) is 17.5. The van der Waals surface area contributed by atoms with Crippen LogP contribution in [0, 0.1) is 0 Å². The SMILES string of the molecule is O=C(Nc1cnc(NCc2cccs2)nc1O)c1ccccc1. The predicted octanol–water partition coefficient (Wildman–Crippen LogP) is 3.11. The number of benzene rings is 1. The minimum Gasteiger partial charge on any atom is -0.492 e. The van der Waals surface area contributed by atoms with Crippen molar-refractivity contribution in [2.45, 2.75) is 6.54 Å². The van der Waals surface area contributed by atoms with E-state index < -0.39 is 0 Å². The zero-order chi connectivity index (χ0) is 16.1. The van der Waals surface area contributed by atoms with Crippen LogP contribution in [-0.2, 0) is 6.54 Å². The number of hydrogen-bond donors (Lipinski definition) is 3. The molecular weight excluding hydrogens is 312 g/mol. The molecular formula is C16H14N4O2S. The van der Waals surface area contributed by atoms with Crippen molar-refractivity contribution in [3.05, 3.63) is 64.5 Å². The van der Waals surface area contributed by atoms with Crippen LogP contribution in [0.15, 0.2) is 54.0 Å². The fraction of sp³-hybridized carbons (Fsp3) is 0.0625. The van der Waals surface area contributed by atoms with Crippen molar-refractivity contribution in [3.63, 3.8) is 0 Å². The summed E-state index contributed by atoms with van der Waals surface area (Å²) in [5.41, 5.74) is 0.660. The van der Waals surface area contributed by atoms with E-state index in [0.717, 1.165) is 4.88 Å². The van der Waals surface area contributed by atoms with E-state index in [1.165, 1.54) is 6.20 Å². The second-order valence-corrected chi connectivity index (χ2v) is 5.72. The second-order valence-electron chi connectivity index (χ2n) is 4.68. The number of nitrogens with zero attached hydrogens (tertiary/aromatic N) is 2. The summed E-state index contributed by atoms with van der Waals surface area (Å²) < 4.78 is 0. The highest BCUT2D eigenvalue weighted by Gasteiger charge is 2.11. The molecule has 0 bridgehead atoms. The second kappa shape index (κ2) is 6.89. The van der Waals surface area contributed by atoms with Crippen LogP contribution in [0.3, 0.4) is 0 Å². The van der Waals surface area contributed by atoms with E-state index in [0.29, 0.717) is 18.1 Å². The standard InChI is InChI=1S/C16H14N4O2S/c21-14(11-5-2-1-3-6-11)19-13-10-18-16(20-15(13)22)17-9-12-7-4-8-23-12/h1-8,10H,9H2,(H,19,21)(H2,17,18,20,22). The van der Waals surface area contributed by atoms with Gasteiger partial charge in [-0.3, -0.25) is 4.79 Å². The normalized spacial score (nSPS) is 10.3. The summed E-state index contributed by atoms with van der Waals surface area (Å²) in [5.74, 6) is -0.310. The number of rotatable bonds is 5. The molecule has 2 heterocycles. The van der Waals surface area contributed by atoms with Gasteiger partial charge in [-0.15, -0.1) is 11.3 Å². The number of carbonyl (C=O) groups excluding carboxylic acids is 1. The zero-order valence-corrected chi connectivity index (χ0v) is 12.9. The lowest BCUT2D eigenvalue weighted by Gasteiger charge is -2.08. The first kappa shape index (κ1) is 15.0. The highest BCUT2D eigenvalue weighted by molar-refractivity contribution is 7.09. The molecule has 0 fully saturated rings. The molecule has 0 unspecified atom stereocenters. The maximum absolute atomic E-state index is 12.0. The van der Waals surface area contributed by atoms with E-state index in [1.807, 2.05) is 23.6 Å². The summed E-state index contributed by atoms with van der Waals surface area (Å²) in [4.78, 5) is 21.2. The van der Waals surface area contributed by atoms with Gasteiger partial charge in [-0.25, -0.2) is 4.98 Å². The van der Waals surface area contributed by atoms with Gasteiger partial charge in [0.1, 0.15) is 5.69 Å². The monoisotopic (exact) mass is 326 g/mol. The van der Waals surface area contributed by atoms with E-state index >= 15 is 0 Å². The number of hydrogen-bond acceptors (Lipinski definition) is 6. The number of nitrogens with one attached hydrogen (secondary N) is 2. The minimum absolute atomic E-state index is 0.167. The summed E-state index contributed by atoms with van der Waals surface area (Å²) >= 11 is 1.62. The van der Waals surface area contributed by atoms with Crippen molar-refractivity contribution in [1.29, 1.82) is 0 Å². The minimum atomic E-state index is -0.330. The predicted molar refractivity (Wildman–Crippen MR) is 89.7 cm³/mol. The highest BCUT2D eigenvalue weighted by atomic mass is 32.1. The van der Waals surface area contributed by atoms with Gasteiger partial charge in [0.25, 0.3) is 5.91 Å². The lowest BCUT2D eigenvalue weighted by Crippen LogP contribution is -2.13. The Balaban J connectivity index is 1.66. The van der Waals surface area contributed by atoms with Gasteiger partial charge in [-0.05, 0) is 23.6 Å². The van der Waals surface area contributed by atoms with Crippen LogP contribution in [0.25, 0.3) is 0 Å². The molecule has 0 saturated carbocycles. The van der Waals surface area contributed by atoms with Crippen molar-refractivity contribution < 1.29 is 9.90 Å². The first-order valence-corrected chi connectivity index (χ1v) is 7.79. The highest BCUT2D eigenvalue weighted by Crippen LogP contribution is 2.21. The van der Waals surface area contributed by atoms with Gasteiger partial charge in [0, 0.05) is 10.4 Å². The molecule has 0 radical (unpaired) electrons. The number of carbonyl (C=O) groups is 1. The Morgan fingerprint density at radius 2 is 2.00 bits per heavy atom. The van der Waals surface area contributed by atoms with Gasteiger partial charge in [-0.2, -0.15) is 4.98 Å². The molecule has 3 aromatic rings. The third-order valence-electron chi connectivity index (χ3n) is 3.05. The third-order valence-corrected chi connectivity index (χ3v) is 3.93. The molecule has 0 aliphatic heterocycles. The third kappa shape index (κ3) is 3.83. The molecule has 3 N–H and O–H groups in total. The van der Waals surface area contributed by atoms with Crippen molar-refractivity contribution in [3.8, 4) is 5.88 Å². The van der Waals surface area contributed by atoms with Gasteiger partial charge >= 0.3 is 0 Å². The molecule has 0 aliphatic carbocycles. The quantitative estimate of drug-likeness (QED) is 0.670. The molecule has 1 amide bonds. The Bertz CT molecular complexity index is 791. The maximum atomic E-state index is 12.0. The average molecular weight is 326 g/mol. The molecule has 7 heteroatoms. The molecule has 0 spiro atoms. The zero-order valence-electron chi connectivity index (χ0n) is 12.1. The number of aromatic hydroxyl groups is 1. The lowest BCUT2D eigenvalue weighted by atomic mass is 10.2. The van der Waals surface area contributed by atoms with Gasteiger partial charge < -0.3 is 15.7 Å². The van der Waals surface area contributed by atoms with E-state index in [-0.39, 0.29) is 17.5 Å². The summed E-state index contributed by atoms with van der Waals surface area (Å²) in [6.07, 6.45) is 1.37. The summed E-state index contributed by atoms with van der Waals surface area (Å²) in [6.45, 7) is 0.576. The largest absolute Gasteiger partial charge is 0.492 e. The molecule has 0 aliphatic rings. The van der Waals surface area contributed by atoms with E-state index in [9.17, 15) is 9.90 Å². The van der Waals surface area contributed by atoms with Gasteiger partial charge in [0.2, 0.25) is 11.8 Å². The molecule has 0 atom stereocenters. The number of thiophene rings is 1. The maximum Gasteiger partial charge on any atom is 0.255 e. The van der Waals surface area contributed by atoms with E-state index in [1.54, 1.807) is 35.6 Å². The van der Waals surface area contributed by atoms with Crippen molar-refractivity contribution in [2.75, 3.05) is 10.6 Å². The van der Waals surface area contributed by atoms with Crippen LogP contribution < -0.4 is 10.6 Å². The number of amides is 1. The van der Waals surface area contributed by atoms with Crippen LogP contribution >= 0.6 is 11.3 Å². The van der Waals surface area contributed by atoms with Crippen LogP contribution in [0.2, 0.25) is 0 Å². The Morgan fingerprint density at radius 3 is 2.70 bits per heavy atom. The van der Waals surface area contributed by atoms with Crippen LogP contribution in [0.4, 0.5) is 11.6 Å². The molecule has 0 saturated heterocycles. The topological polar surface area (TPSA) is 87.1 Å². The fourth-order valence-electron chi connectivity index (χ4n) is 1.91. The van der Waals surface area contributed by atoms with Gasteiger partial charge in [0.05, 0.1) is 12.7 Å². The molecule has 23 heavy (non-hydrogen) atoms. The van der Waals surface area contributed by atoms with E-state index in [4.69, 9.17) is 0 Å². The summed E-state index contributed by atoms with van der Waals surface area (Å²) in [7, 11) is 0. The first-order chi connectivity index (χ1) is 11.2. The Hall–Kier alpha value is -2.93. The van der Waals surface area contributed by atoms with Crippen molar-refractivity contribution >= 4 is 28.9 Å². The molecule has 1 aromatic carbocycles. The van der Waals surface area contributed by atoms with Crippen LogP contribution in [0.5, 0.6) is 5.88 Å². The Kier molecular flexibility index (Phi) is 4.49. The van der Waals surface area contributed by atoms with Crippen LogP contribution in [0.1, 0.15) is 15.2 Å². The number of aromatic nitrogens is 2. The Morgan fingerprint density at radius 1 is 1.17 bits per heavy atom. The molecule has 6 nitrogen and oxygen atoms in total. The van der Waals surface area contributed by atoms with E-state index in [2.05, 4.69) is 20.6 Å². The number of anilines is 2. The lowest BCUT2D eigenvalue weighted by molar-refractivity contribution is 0.102. The first-order valence-electron chi connectivity index (χ1n) is 6.91. The molecule has 116 valence electrons. The average Bonchev–Trinajstić information content (AvgIpc) is 3.09. The van der Waals surface area contributed by atoms with Crippen molar-refractivity contribution in [1.82, 2.24) is 9.97 Å². The van der Waals surface area contributed by atoms with Gasteiger partial charge in [0.15, 0.2) is 0 Å². The fourth-order valence-corrected chi connectivity index (χ4v) is 2.55. The molecule has 3 rings (SSSR count). The molecule has 2 aromatic heterocycles. The Labute approximate surface area is 136 Å². The van der Waals surface area contributed by atoms with Crippen LogP contribution in [-0.4, -0.2) is 21.0 Å². The summed E-state index contributed by atoms with van der Waals surface area (Å²) in [6, 6.07) is 12.7.